The lowest BCUT2D eigenvalue weighted by Crippen LogP contribution is -2.47. The highest BCUT2D eigenvalue weighted by Crippen LogP contribution is 2.25. The summed E-state index contributed by atoms with van der Waals surface area (Å²) in [5, 5.41) is 14.1. The molecule has 4 rings (SSSR count). The summed E-state index contributed by atoms with van der Waals surface area (Å²) in [5.74, 6) is 0.996. The molecule has 0 unspecified atom stereocenters. The fourth-order valence-electron chi connectivity index (χ4n) is 4.63. The van der Waals surface area contributed by atoms with E-state index in [1.54, 1.807) is 6.20 Å². The molecule has 0 aliphatic carbocycles. The second-order valence-electron chi connectivity index (χ2n) is 8.32. The van der Waals surface area contributed by atoms with Gasteiger partial charge >= 0.3 is 0 Å². The van der Waals surface area contributed by atoms with Crippen LogP contribution in [0.25, 0.3) is 5.69 Å². The normalized spacial score (nSPS) is 24.5. The number of aliphatic hydroxyl groups is 1. The third-order valence-electron chi connectivity index (χ3n) is 6.07. The zero-order valence-electron chi connectivity index (χ0n) is 16.8. The maximum absolute atomic E-state index is 9.83. The Hall–Kier alpha value is -1.73. The first kappa shape index (κ1) is 19.6. The van der Waals surface area contributed by atoms with Crippen molar-refractivity contribution >= 4 is 0 Å². The Morgan fingerprint density at radius 2 is 1.96 bits per heavy atom. The molecule has 6 nitrogen and oxygen atoms in total. The Morgan fingerprint density at radius 3 is 2.68 bits per heavy atom. The SMILES string of the molecule is Cc1cc(-n2cccn2)ccc1CN1C[C@@H](CO)C[C@@H](CN2CCOCC2)C1. The Kier molecular flexibility index (Phi) is 6.42. The molecule has 2 saturated heterocycles. The third-order valence-corrected chi connectivity index (χ3v) is 6.07. The molecule has 0 spiro atoms. The molecule has 6 heteroatoms. The molecular formula is C22H32N4O2. The lowest BCUT2D eigenvalue weighted by Gasteiger charge is -2.40. The number of aryl methyl sites for hydroxylation is 1. The molecule has 152 valence electrons. The van der Waals surface area contributed by atoms with Gasteiger partial charge in [-0.25, -0.2) is 4.68 Å². The highest BCUT2D eigenvalue weighted by Gasteiger charge is 2.28. The van der Waals surface area contributed by atoms with Crippen molar-refractivity contribution in [3.05, 3.63) is 47.8 Å². The molecule has 0 amide bonds. The van der Waals surface area contributed by atoms with E-state index in [9.17, 15) is 5.11 Å². The van der Waals surface area contributed by atoms with Crippen molar-refractivity contribution in [1.82, 2.24) is 19.6 Å². The zero-order chi connectivity index (χ0) is 19.3. The molecule has 0 saturated carbocycles. The van der Waals surface area contributed by atoms with Gasteiger partial charge in [0.2, 0.25) is 0 Å². The lowest BCUT2D eigenvalue weighted by molar-refractivity contribution is 0.0117. The van der Waals surface area contributed by atoms with Gasteiger partial charge in [-0.1, -0.05) is 6.07 Å². The molecule has 0 radical (unpaired) electrons. The van der Waals surface area contributed by atoms with Gasteiger partial charge in [0.25, 0.3) is 0 Å². The van der Waals surface area contributed by atoms with Crippen LogP contribution in [0.1, 0.15) is 17.5 Å². The number of morpholine rings is 1. The molecule has 0 bridgehead atoms. The molecule has 28 heavy (non-hydrogen) atoms. The number of likely N-dealkylation sites (tertiary alicyclic amines) is 1. The largest absolute Gasteiger partial charge is 0.396 e. The van der Waals surface area contributed by atoms with Crippen molar-refractivity contribution in [2.45, 2.75) is 19.9 Å². The number of hydrogen-bond acceptors (Lipinski definition) is 5. The van der Waals surface area contributed by atoms with Crippen molar-refractivity contribution < 1.29 is 9.84 Å². The van der Waals surface area contributed by atoms with Crippen LogP contribution < -0.4 is 0 Å². The maximum Gasteiger partial charge on any atom is 0.0648 e. The molecule has 2 aromatic rings. The van der Waals surface area contributed by atoms with E-state index in [1.165, 1.54) is 11.1 Å². The smallest absolute Gasteiger partial charge is 0.0648 e. The highest BCUT2D eigenvalue weighted by molar-refractivity contribution is 5.39. The molecule has 2 aliphatic heterocycles. The van der Waals surface area contributed by atoms with Crippen LogP contribution in [0.15, 0.2) is 36.7 Å². The summed E-state index contributed by atoms with van der Waals surface area (Å²) < 4.78 is 7.38. The molecule has 1 aromatic heterocycles. The topological polar surface area (TPSA) is 53.8 Å². The maximum atomic E-state index is 9.83. The van der Waals surface area contributed by atoms with E-state index in [0.717, 1.165) is 64.6 Å². The van der Waals surface area contributed by atoms with Gasteiger partial charge in [-0.05, 0) is 54.5 Å². The number of ether oxygens (including phenoxy) is 1. The molecule has 1 N–H and O–H groups in total. The van der Waals surface area contributed by atoms with Gasteiger partial charge in [0.15, 0.2) is 0 Å². The van der Waals surface area contributed by atoms with Gasteiger partial charge < -0.3 is 9.84 Å². The van der Waals surface area contributed by atoms with Crippen LogP contribution in [0.4, 0.5) is 0 Å². The van der Waals surface area contributed by atoms with Gasteiger partial charge in [-0.3, -0.25) is 9.80 Å². The Labute approximate surface area is 167 Å². The van der Waals surface area contributed by atoms with Crippen LogP contribution in [0.5, 0.6) is 0 Å². The van der Waals surface area contributed by atoms with E-state index in [4.69, 9.17) is 4.74 Å². The Morgan fingerprint density at radius 1 is 1.14 bits per heavy atom. The highest BCUT2D eigenvalue weighted by atomic mass is 16.5. The average molecular weight is 385 g/mol. The number of piperidine rings is 1. The quantitative estimate of drug-likeness (QED) is 0.825. The molecular weight excluding hydrogens is 352 g/mol. The molecule has 2 aliphatic rings. The van der Waals surface area contributed by atoms with Crippen molar-refractivity contribution in [2.24, 2.45) is 11.8 Å². The first-order chi connectivity index (χ1) is 13.7. The van der Waals surface area contributed by atoms with Crippen LogP contribution in [-0.2, 0) is 11.3 Å². The Balaban J connectivity index is 1.41. The standard InChI is InChI=1S/C22H32N4O2/c1-18-11-22(26-6-2-5-23-26)4-3-21(18)16-25-14-19(12-20(15-25)17-27)13-24-7-9-28-10-8-24/h2-6,11,19-20,27H,7-10,12-17H2,1H3/t19-,20-/m0/s1. The summed E-state index contributed by atoms with van der Waals surface area (Å²) in [5.41, 5.74) is 3.76. The monoisotopic (exact) mass is 384 g/mol. The second kappa shape index (κ2) is 9.18. The molecule has 3 heterocycles. The van der Waals surface area contributed by atoms with E-state index < -0.39 is 0 Å². The number of aliphatic hydroxyl groups excluding tert-OH is 1. The van der Waals surface area contributed by atoms with Crippen LogP contribution in [0.2, 0.25) is 0 Å². The number of hydrogen-bond donors (Lipinski definition) is 1. The minimum Gasteiger partial charge on any atom is -0.396 e. The van der Waals surface area contributed by atoms with Crippen molar-refractivity contribution in [1.29, 1.82) is 0 Å². The lowest BCUT2D eigenvalue weighted by atomic mass is 9.88. The fraction of sp³-hybridized carbons (Fsp3) is 0.591. The van der Waals surface area contributed by atoms with Gasteiger partial charge in [-0.15, -0.1) is 0 Å². The van der Waals surface area contributed by atoms with Crippen LogP contribution in [0, 0.1) is 18.8 Å². The van der Waals surface area contributed by atoms with Crippen LogP contribution in [0.3, 0.4) is 0 Å². The van der Waals surface area contributed by atoms with E-state index in [0.29, 0.717) is 11.8 Å². The van der Waals surface area contributed by atoms with Gasteiger partial charge in [0.1, 0.15) is 0 Å². The summed E-state index contributed by atoms with van der Waals surface area (Å²) in [4.78, 5) is 5.06. The van der Waals surface area contributed by atoms with Gasteiger partial charge in [0, 0.05) is 58.3 Å². The number of benzene rings is 1. The number of aromatic nitrogens is 2. The zero-order valence-corrected chi connectivity index (χ0v) is 16.8. The summed E-state index contributed by atoms with van der Waals surface area (Å²) >= 11 is 0. The minimum atomic E-state index is 0.285. The summed E-state index contributed by atoms with van der Waals surface area (Å²) in [6, 6.07) is 8.53. The fourth-order valence-corrected chi connectivity index (χ4v) is 4.63. The predicted molar refractivity (Wildman–Crippen MR) is 110 cm³/mol. The third kappa shape index (κ3) is 4.81. The minimum absolute atomic E-state index is 0.285. The van der Waals surface area contributed by atoms with Crippen molar-refractivity contribution in [3.8, 4) is 5.69 Å². The van der Waals surface area contributed by atoms with E-state index in [1.807, 2.05) is 16.9 Å². The van der Waals surface area contributed by atoms with E-state index in [2.05, 4.69) is 40.0 Å². The Bertz CT molecular complexity index is 743. The van der Waals surface area contributed by atoms with Gasteiger partial charge in [-0.2, -0.15) is 5.10 Å². The summed E-state index contributed by atoms with van der Waals surface area (Å²) in [7, 11) is 0. The first-order valence-corrected chi connectivity index (χ1v) is 10.4. The van der Waals surface area contributed by atoms with Crippen LogP contribution >= 0.6 is 0 Å². The number of nitrogens with zero attached hydrogens (tertiary/aromatic N) is 4. The number of rotatable bonds is 6. The van der Waals surface area contributed by atoms with Crippen LogP contribution in [-0.4, -0.2) is 77.2 Å². The second-order valence-corrected chi connectivity index (χ2v) is 8.32. The summed E-state index contributed by atoms with van der Waals surface area (Å²) in [6.07, 6.45) is 4.91. The average Bonchev–Trinajstić information content (AvgIpc) is 3.25. The molecule has 2 atom stereocenters. The molecule has 1 aromatic carbocycles. The van der Waals surface area contributed by atoms with Gasteiger partial charge in [0.05, 0.1) is 18.9 Å². The van der Waals surface area contributed by atoms with Crippen molar-refractivity contribution in [2.75, 3.05) is 52.5 Å². The van der Waals surface area contributed by atoms with E-state index >= 15 is 0 Å². The predicted octanol–water partition coefficient (Wildman–Crippen LogP) is 1.94. The molecule has 2 fully saturated rings. The first-order valence-electron chi connectivity index (χ1n) is 10.4. The van der Waals surface area contributed by atoms with Crippen molar-refractivity contribution in [3.63, 3.8) is 0 Å². The summed E-state index contributed by atoms with van der Waals surface area (Å²) in [6.45, 7) is 10.4. The van der Waals surface area contributed by atoms with E-state index in [-0.39, 0.29) is 6.61 Å².